The van der Waals surface area contributed by atoms with Gasteiger partial charge in [0.25, 0.3) is 0 Å². The highest BCUT2D eigenvalue weighted by Crippen LogP contribution is 2.36. The Kier molecular flexibility index (Phi) is 3.84. The van der Waals surface area contributed by atoms with Gasteiger partial charge in [-0.15, -0.1) is 0 Å². The van der Waals surface area contributed by atoms with Crippen molar-refractivity contribution in [2.75, 3.05) is 5.32 Å². The summed E-state index contributed by atoms with van der Waals surface area (Å²) < 4.78 is 39.1. The molecular weight excluding hydrogens is 323 g/mol. The van der Waals surface area contributed by atoms with Crippen LogP contribution in [0.3, 0.4) is 0 Å². The van der Waals surface area contributed by atoms with E-state index in [9.17, 15) is 13.2 Å². The highest BCUT2D eigenvalue weighted by Gasteiger charge is 2.33. The molecule has 1 heterocycles. The van der Waals surface area contributed by atoms with E-state index >= 15 is 0 Å². The molecule has 7 heteroatoms. The summed E-state index contributed by atoms with van der Waals surface area (Å²) in [6.45, 7) is 2.10. The molecule has 0 saturated carbocycles. The molecule has 2 N–H and O–H groups in total. The lowest BCUT2D eigenvalue weighted by atomic mass is 10.1. The molecule has 0 radical (unpaired) electrons. The average molecular weight is 334 g/mol. The first-order valence-electron chi connectivity index (χ1n) is 5.47. The Labute approximate surface area is 116 Å². The number of hydrogen-bond acceptors (Lipinski definition) is 2. The zero-order chi connectivity index (χ0) is 14.0. The first kappa shape index (κ1) is 13.9. The lowest BCUT2D eigenvalue weighted by Crippen LogP contribution is -2.11. The molecule has 102 valence electrons. The second kappa shape index (κ2) is 5.24. The van der Waals surface area contributed by atoms with Gasteiger partial charge in [-0.25, -0.2) is 0 Å². The second-order valence-electron chi connectivity index (χ2n) is 4.06. The summed E-state index contributed by atoms with van der Waals surface area (Å²) in [7, 11) is 0. The Morgan fingerprint density at radius 3 is 2.68 bits per heavy atom. The summed E-state index contributed by atoms with van der Waals surface area (Å²) in [5, 5.41) is 9.35. The fourth-order valence-electron chi connectivity index (χ4n) is 1.65. The van der Waals surface area contributed by atoms with Crippen molar-refractivity contribution in [2.45, 2.75) is 19.6 Å². The van der Waals surface area contributed by atoms with Gasteiger partial charge in [-0.05, 0) is 25.1 Å². The van der Waals surface area contributed by atoms with Crippen LogP contribution >= 0.6 is 15.9 Å². The zero-order valence-corrected chi connectivity index (χ0v) is 11.6. The third-order valence-corrected chi connectivity index (χ3v) is 3.18. The normalized spacial score (nSPS) is 11.6. The molecule has 0 amide bonds. The van der Waals surface area contributed by atoms with E-state index in [-0.39, 0.29) is 12.2 Å². The van der Waals surface area contributed by atoms with Crippen molar-refractivity contribution in [2.24, 2.45) is 0 Å². The Bertz CT molecular complexity index is 578. The lowest BCUT2D eigenvalue weighted by molar-refractivity contribution is -0.137. The summed E-state index contributed by atoms with van der Waals surface area (Å²) in [4.78, 5) is 0. The molecule has 0 aliphatic carbocycles. The fraction of sp³-hybridized carbons (Fsp3) is 0.250. The minimum Gasteiger partial charge on any atom is -0.380 e. The maximum Gasteiger partial charge on any atom is 0.418 e. The average Bonchev–Trinajstić information content (AvgIpc) is 2.72. The Morgan fingerprint density at radius 1 is 1.37 bits per heavy atom. The van der Waals surface area contributed by atoms with Crippen molar-refractivity contribution >= 4 is 21.6 Å². The number of benzene rings is 1. The van der Waals surface area contributed by atoms with Crippen LogP contribution in [0, 0.1) is 6.92 Å². The van der Waals surface area contributed by atoms with Crippen LogP contribution in [-0.4, -0.2) is 10.2 Å². The minimum atomic E-state index is -4.39. The van der Waals surface area contributed by atoms with E-state index in [1.807, 2.05) is 6.92 Å². The van der Waals surface area contributed by atoms with Crippen molar-refractivity contribution in [3.8, 4) is 0 Å². The van der Waals surface area contributed by atoms with Gasteiger partial charge >= 0.3 is 6.18 Å². The number of nitrogens with zero attached hydrogens (tertiary/aromatic N) is 1. The molecule has 0 spiro atoms. The molecule has 0 saturated heterocycles. The van der Waals surface area contributed by atoms with Crippen LogP contribution in [0.25, 0.3) is 0 Å². The van der Waals surface area contributed by atoms with Gasteiger partial charge < -0.3 is 5.32 Å². The number of aryl methyl sites for hydroxylation is 1. The first-order valence-corrected chi connectivity index (χ1v) is 6.26. The van der Waals surface area contributed by atoms with Gasteiger partial charge in [0.2, 0.25) is 0 Å². The fourth-order valence-corrected chi connectivity index (χ4v) is 2.01. The Hall–Kier alpha value is -1.50. The lowest BCUT2D eigenvalue weighted by Gasteiger charge is -2.14. The van der Waals surface area contributed by atoms with Crippen LogP contribution in [0.15, 0.2) is 28.9 Å². The van der Waals surface area contributed by atoms with Crippen molar-refractivity contribution in [3.63, 3.8) is 0 Å². The van der Waals surface area contributed by atoms with Crippen LogP contribution < -0.4 is 5.32 Å². The molecular formula is C12H11BrF3N3. The number of halogens is 4. The van der Waals surface area contributed by atoms with Crippen LogP contribution in [0.2, 0.25) is 0 Å². The van der Waals surface area contributed by atoms with Crippen LogP contribution in [-0.2, 0) is 12.7 Å². The van der Waals surface area contributed by atoms with Gasteiger partial charge in [-0.3, -0.25) is 5.10 Å². The maximum absolute atomic E-state index is 12.9. The topological polar surface area (TPSA) is 40.7 Å². The number of aromatic amines is 1. The SMILES string of the molecule is Cc1[nH]ncc1CNc1ccc(Br)cc1C(F)(F)F. The molecule has 19 heavy (non-hydrogen) atoms. The van der Waals surface area contributed by atoms with E-state index < -0.39 is 11.7 Å². The number of hydrogen-bond donors (Lipinski definition) is 2. The molecule has 2 rings (SSSR count). The second-order valence-corrected chi connectivity index (χ2v) is 4.98. The molecule has 1 aromatic carbocycles. The third kappa shape index (κ3) is 3.28. The highest BCUT2D eigenvalue weighted by molar-refractivity contribution is 9.10. The molecule has 2 aromatic rings. The summed E-state index contributed by atoms with van der Waals surface area (Å²) in [5.41, 5.74) is 1.02. The summed E-state index contributed by atoms with van der Waals surface area (Å²) >= 11 is 3.05. The maximum atomic E-state index is 12.9. The Balaban J connectivity index is 2.23. The van der Waals surface area contributed by atoms with Crippen molar-refractivity contribution in [1.29, 1.82) is 0 Å². The van der Waals surface area contributed by atoms with Gasteiger partial charge in [0.1, 0.15) is 0 Å². The van der Waals surface area contributed by atoms with E-state index in [0.29, 0.717) is 4.47 Å². The number of anilines is 1. The van der Waals surface area contributed by atoms with E-state index in [1.54, 1.807) is 12.3 Å². The van der Waals surface area contributed by atoms with E-state index in [4.69, 9.17) is 0 Å². The predicted octanol–water partition coefficient (Wildman–Crippen LogP) is 4.11. The van der Waals surface area contributed by atoms with Crippen LogP contribution in [0.1, 0.15) is 16.8 Å². The smallest absolute Gasteiger partial charge is 0.380 e. The minimum absolute atomic E-state index is 0.0521. The quantitative estimate of drug-likeness (QED) is 0.887. The Morgan fingerprint density at radius 2 is 2.11 bits per heavy atom. The summed E-state index contributed by atoms with van der Waals surface area (Å²) in [5.74, 6) is 0. The summed E-state index contributed by atoms with van der Waals surface area (Å²) in [6, 6.07) is 4.03. The number of aromatic nitrogens is 2. The van der Waals surface area contributed by atoms with Gasteiger partial charge in [0, 0.05) is 28.0 Å². The zero-order valence-electron chi connectivity index (χ0n) is 9.98. The number of nitrogens with one attached hydrogen (secondary N) is 2. The molecule has 0 aliphatic heterocycles. The number of alkyl halides is 3. The molecule has 0 aliphatic rings. The molecule has 0 fully saturated rings. The van der Waals surface area contributed by atoms with Gasteiger partial charge in [0.15, 0.2) is 0 Å². The largest absolute Gasteiger partial charge is 0.418 e. The standard InChI is InChI=1S/C12H11BrF3N3/c1-7-8(6-18-19-7)5-17-11-3-2-9(13)4-10(11)12(14,15)16/h2-4,6,17H,5H2,1H3,(H,18,19). The first-order chi connectivity index (χ1) is 8.88. The van der Waals surface area contributed by atoms with E-state index in [2.05, 4.69) is 31.4 Å². The molecule has 1 aromatic heterocycles. The highest BCUT2D eigenvalue weighted by atomic mass is 79.9. The number of rotatable bonds is 3. The van der Waals surface area contributed by atoms with Gasteiger partial charge in [-0.2, -0.15) is 18.3 Å². The van der Waals surface area contributed by atoms with Crippen molar-refractivity contribution < 1.29 is 13.2 Å². The summed E-state index contributed by atoms with van der Waals surface area (Å²) in [6.07, 6.45) is -2.80. The monoisotopic (exact) mass is 333 g/mol. The molecule has 0 unspecified atom stereocenters. The molecule has 0 atom stereocenters. The van der Waals surface area contributed by atoms with Gasteiger partial charge in [0.05, 0.1) is 11.8 Å². The van der Waals surface area contributed by atoms with Crippen molar-refractivity contribution in [3.05, 3.63) is 45.7 Å². The van der Waals surface area contributed by atoms with Crippen LogP contribution in [0.4, 0.5) is 18.9 Å². The third-order valence-electron chi connectivity index (χ3n) is 2.69. The molecule has 0 bridgehead atoms. The predicted molar refractivity (Wildman–Crippen MR) is 69.8 cm³/mol. The van der Waals surface area contributed by atoms with Crippen molar-refractivity contribution in [1.82, 2.24) is 10.2 Å². The van der Waals surface area contributed by atoms with Gasteiger partial charge in [-0.1, -0.05) is 15.9 Å². The van der Waals surface area contributed by atoms with E-state index in [1.165, 1.54) is 6.07 Å². The van der Waals surface area contributed by atoms with Crippen LogP contribution in [0.5, 0.6) is 0 Å². The molecule has 3 nitrogen and oxygen atoms in total. The van der Waals surface area contributed by atoms with E-state index in [0.717, 1.165) is 17.3 Å². The number of H-pyrrole nitrogens is 1.